The minimum Gasteiger partial charge on any atom is -0.493 e. The second kappa shape index (κ2) is 8.85. The molecule has 0 bridgehead atoms. The quantitative estimate of drug-likeness (QED) is 0.612. The third kappa shape index (κ3) is 4.41. The van der Waals surface area contributed by atoms with Gasteiger partial charge in [-0.05, 0) is 48.2 Å². The number of ether oxygens (including phenoxy) is 2. The van der Waals surface area contributed by atoms with E-state index in [2.05, 4.69) is 15.9 Å². The molecule has 0 radical (unpaired) electrons. The van der Waals surface area contributed by atoms with Crippen molar-refractivity contribution in [2.45, 2.75) is 31.1 Å². The summed E-state index contributed by atoms with van der Waals surface area (Å²) in [6, 6.07) is 6.94. The summed E-state index contributed by atoms with van der Waals surface area (Å²) in [6.07, 6.45) is -3.30. The molecule has 0 aromatic heterocycles. The average Bonchev–Trinajstić information content (AvgIpc) is 3.18. The van der Waals surface area contributed by atoms with E-state index in [0.29, 0.717) is 46.5 Å². The molecule has 5 nitrogen and oxygen atoms in total. The molecule has 0 amide bonds. The molecule has 9 heteroatoms. The number of carboxylic acid groups (broad SMARTS) is 1. The van der Waals surface area contributed by atoms with E-state index in [1.54, 1.807) is 17.0 Å². The van der Waals surface area contributed by atoms with E-state index in [1.165, 1.54) is 26.4 Å². The lowest BCUT2D eigenvalue weighted by molar-refractivity contribution is -0.142. The predicted octanol–water partition coefficient (Wildman–Crippen LogP) is 5.12. The molecule has 1 fully saturated rings. The third-order valence-corrected chi connectivity index (χ3v) is 5.95. The topological polar surface area (TPSA) is 59.0 Å². The number of halogens is 4. The smallest absolute Gasteiger partial charge is 0.416 e. The van der Waals surface area contributed by atoms with Crippen molar-refractivity contribution < 1.29 is 32.5 Å². The molecule has 1 heterocycles. The minimum absolute atomic E-state index is 0.443. The number of alkyl halides is 3. The molecular weight excluding hydrogens is 467 g/mol. The van der Waals surface area contributed by atoms with E-state index in [-0.39, 0.29) is 0 Å². The van der Waals surface area contributed by atoms with Crippen LogP contribution in [0, 0.1) is 0 Å². The van der Waals surface area contributed by atoms with Crippen LogP contribution in [0.3, 0.4) is 0 Å². The molecule has 0 spiro atoms. The van der Waals surface area contributed by atoms with Gasteiger partial charge in [0, 0.05) is 11.0 Å². The molecule has 1 aliphatic rings. The zero-order valence-electron chi connectivity index (χ0n) is 16.4. The Morgan fingerprint density at radius 3 is 2.30 bits per heavy atom. The fraction of sp³-hybridized carbons (Fsp3) is 0.381. The summed E-state index contributed by atoms with van der Waals surface area (Å²) in [5.74, 6) is -0.0322. The highest BCUT2D eigenvalue weighted by atomic mass is 79.9. The third-order valence-electron chi connectivity index (χ3n) is 5.26. The van der Waals surface area contributed by atoms with Crippen molar-refractivity contribution in [2.24, 2.45) is 0 Å². The van der Waals surface area contributed by atoms with Crippen molar-refractivity contribution in [2.75, 3.05) is 20.8 Å². The normalized spacial score (nSPS) is 18.3. The number of methoxy groups -OCH3 is 2. The number of nitrogens with zero attached hydrogens (tertiary/aromatic N) is 1. The number of carbonyl (C=O) groups is 1. The van der Waals surface area contributed by atoms with Crippen LogP contribution in [0.2, 0.25) is 0 Å². The lowest BCUT2D eigenvalue weighted by Gasteiger charge is -2.33. The highest BCUT2D eigenvalue weighted by molar-refractivity contribution is 9.10. The number of rotatable bonds is 6. The minimum atomic E-state index is -4.45. The highest BCUT2D eigenvalue weighted by Crippen LogP contribution is 2.43. The van der Waals surface area contributed by atoms with Crippen LogP contribution in [0.15, 0.2) is 40.9 Å². The Hall–Kier alpha value is -2.26. The fourth-order valence-electron chi connectivity index (χ4n) is 3.85. The van der Waals surface area contributed by atoms with E-state index >= 15 is 0 Å². The summed E-state index contributed by atoms with van der Waals surface area (Å²) >= 11 is 3.51. The van der Waals surface area contributed by atoms with E-state index < -0.39 is 29.8 Å². The van der Waals surface area contributed by atoms with Gasteiger partial charge in [-0.2, -0.15) is 13.2 Å². The van der Waals surface area contributed by atoms with E-state index in [0.717, 1.165) is 12.1 Å². The molecule has 2 aromatic carbocycles. The van der Waals surface area contributed by atoms with Crippen LogP contribution in [0.5, 0.6) is 11.5 Å². The molecule has 1 N–H and O–H groups in total. The van der Waals surface area contributed by atoms with Crippen LogP contribution < -0.4 is 9.47 Å². The van der Waals surface area contributed by atoms with Crippen molar-refractivity contribution in [1.82, 2.24) is 4.90 Å². The molecule has 0 saturated carbocycles. The molecule has 3 rings (SSSR count). The maximum atomic E-state index is 13.0. The Bertz CT molecular complexity index is 918. The maximum absolute atomic E-state index is 13.0. The van der Waals surface area contributed by atoms with Crippen LogP contribution in [0.25, 0.3) is 0 Å². The molecule has 162 valence electrons. The fourth-order valence-corrected chi connectivity index (χ4v) is 4.39. The lowest BCUT2D eigenvalue weighted by Crippen LogP contribution is -2.39. The number of benzene rings is 2. The van der Waals surface area contributed by atoms with Gasteiger partial charge >= 0.3 is 12.1 Å². The van der Waals surface area contributed by atoms with Crippen molar-refractivity contribution >= 4 is 21.9 Å². The number of aliphatic carboxylic acids is 1. The second-order valence-electron chi connectivity index (χ2n) is 6.99. The summed E-state index contributed by atoms with van der Waals surface area (Å²) in [5, 5.41) is 9.68. The van der Waals surface area contributed by atoms with Gasteiger partial charge in [-0.25, -0.2) is 0 Å². The van der Waals surface area contributed by atoms with Crippen molar-refractivity contribution in [3.8, 4) is 11.5 Å². The van der Waals surface area contributed by atoms with Crippen LogP contribution in [0.4, 0.5) is 13.2 Å². The van der Waals surface area contributed by atoms with E-state index in [4.69, 9.17) is 9.47 Å². The Kier molecular flexibility index (Phi) is 6.62. The Labute approximate surface area is 180 Å². The van der Waals surface area contributed by atoms with Gasteiger partial charge in [0.1, 0.15) is 6.04 Å². The molecule has 2 atom stereocenters. The Morgan fingerprint density at radius 1 is 1.17 bits per heavy atom. The van der Waals surface area contributed by atoms with Crippen LogP contribution in [-0.2, 0) is 11.0 Å². The molecule has 1 saturated heterocycles. The standard InChI is InChI=1S/C21H21BrF3NO4/c1-29-17-10-14(15(22)11-18(17)30-2)19(26-9-3-4-16(26)20(27)28)12-5-7-13(8-6-12)21(23,24)25/h5-8,10-11,16,19H,3-4,9H2,1-2H3,(H,27,28). The summed E-state index contributed by atoms with van der Waals surface area (Å²) < 4.78 is 50.4. The zero-order valence-corrected chi connectivity index (χ0v) is 18.0. The van der Waals surface area contributed by atoms with Crippen molar-refractivity contribution in [1.29, 1.82) is 0 Å². The second-order valence-corrected chi connectivity index (χ2v) is 7.84. The zero-order chi connectivity index (χ0) is 22.1. The first-order chi connectivity index (χ1) is 14.2. The van der Waals surface area contributed by atoms with Crippen molar-refractivity contribution in [3.05, 3.63) is 57.6 Å². The number of likely N-dealkylation sites (tertiary alicyclic amines) is 1. The van der Waals surface area contributed by atoms with E-state index in [9.17, 15) is 23.1 Å². The van der Waals surface area contributed by atoms with Crippen molar-refractivity contribution in [3.63, 3.8) is 0 Å². The Balaban J connectivity index is 2.15. The SMILES string of the molecule is COc1cc(Br)c(C(c2ccc(C(F)(F)F)cc2)N2CCCC2C(=O)O)cc1OC. The largest absolute Gasteiger partial charge is 0.493 e. The highest BCUT2D eigenvalue weighted by Gasteiger charge is 2.38. The van der Waals surface area contributed by atoms with Gasteiger partial charge in [0.2, 0.25) is 0 Å². The summed E-state index contributed by atoms with van der Waals surface area (Å²) in [4.78, 5) is 13.6. The van der Waals surface area contributed by atoms with Crippen LogP contribution in [0.1, 0.15) is 35.6 Å². The average molecular weight is 488 g/mol. The van der Waals surface area contributed by atoms with Crippen LogP contribution >= 0.6 is 15.9 Å². The predicted molar refractivity (Wildman–Crippen MR) is 108 cm³/mol. The van der Waals surface area contributed by atoms with Gasteiger partial charge in [0.05, 0.1) is 25.8 Å². The van der Waals surface area contributed by atoms with Gasteiger partial charge in [0.15, 0.2) is 11.5 Å². The first-order valence-electron chi connectivity index (χ1n) is 9.24. The number of hydrogen-bond acceptors (Lipinski definition) is 4. The van der Waals surface area contributed by atoms with Gasteiger partial charge < -0.3 is 14.6 Å². The summed E-state index contributed by atoms with van der Waals surface area (Å²) in [5.41, 5.74) is 0.484. The molecular formula is C21H21BrF3NO4. The summed E-state index contributed by atoms with van der Waals surface area (Å²) in [6.45, 7) is 0.503. The molecule has 30 heavy (non-hydrogen) atoms. The number of hydrogen-bond donors (Lipinski definition) is 1. The Morgan fingerprint density at radius 2 is 1.77 bits per heavy atom. The van der Waals surface area contributed by atoms with Gasteiger partial charge in [0.25, 0.3) is 0 Å². The maximum Gasteiger partial charge on any atom is 0.416 e. The monoisotopic (exact) mass is 487 g/mol. The summed E-state index contributed by atoms with van der Waals surface area (Å²) in [7, 11) is 2.98. The van der Waals surface area contributed by atoms with Crippen LogP contribution in [-0.4, -0.2) is 42.8 Å². The molecule has 1 aliphatic heterocycles. The first-order valence-corrected chi connectivity index (χ1v) is 10.0. The van der Waals surface area contributed by atoms with Gasteiger partial charge in [-0.1, -0.05) is 28.1 Å². The van der Waals surface area contributed by atoms with Gasteiger partial charge in [-0.15, -0.1) is 0 Å². The van der Waals surface area contributed by atoms with Gasteiger partial charge in [-0.3, -0.25) is 9.69 Å². The van der Waals surface area contributed by atoms with E-state index in [1.807, 2.05) is 0 Å². The molecule has 2 aromatic rings. The molecule has 2 unspecified atom stereocenters. The number of carboxylic acids is 1. The lowest BCUT2D eigenvalue weighted by atomic mass is 9.95. The first kappa shape index (κ1) is 22.4. The molecule has 0 aliphatic carbocycles.